The maximum atomic E-state index is 11.7. The van der Waals surface area contributed by atoms with Crippen LogP contribution >= 0.6 is 0 Å². The van der Waals surface area contributed by atoms with E-state index in [4.69, 9.17) is 5.73 Å². The number of hydrogen-bond acceptors (Lipinski definition) is 2. The van der Waals surface area contributed by atoms with Gasteiger partial charge in [0.15, 0.2) is 5.78 Å². The molecule has 0 spiro atoms. The minimum Gasteiger partial charge on any atom is -0.327 e. The summed E-state index contributed by atoms with van der Waals surface area (Å²) in [7, 11) is 0. The number of Topliss-reactive ketones (excluding diaryl/α,β-unsaturated/α-hetero) is 1. The van der Waals surface area contributed by atoms with Gasteiger partial charge < -0.3 is 5.73 Å². The van der Waals surface area contributed by atoms with Crippen molar-refractivity contribution in [2.45, 2.75) is 32.7 Å². The van der Waals surface area contributed by atoms with Crippen LogP contribution in [0.2, 0.25) is 0 Å². The minimum absolute atomic E-state index is 0.0106. The van der Waals surface area contributed by atoms with Crippen LogP contribution in [0.25, 0.3) is 0 Å². The topological polar surface area (TPSA) is 43.1 Å². The highest BCUT2D eigenvalue weighted by molar-refractivity contribution is 5.99. The number of benzene rings is 1. The zero-order valence-corrected chi connectivity index (χ0v) is 8.63. The van der Waals surface area contributed by atoms with Crippen LogP contribution in [0.4, 0.5) is 0 Å². The summed E-state index contributed by atoms with van der Waals surface area (Å²) in [6, 6.07) is 4.11. The lowest BCUT2D eigenvalue weighted by Gasteiger charge is -2.22. The number of rotatable bonds is 0. The predicted octanol–water partition coefficient (Wildman–Crippen LogP) is 1.76. The first-order valence-corrected chi connectivity index (χ1v) is 4.97. The number of fused-ring (bicyclic) bond motifs is 1. The van der Waals surface area contributed by atoms with E-state index in [1.807, 2.05) is 13.0 Å². The zero-order chi connectivity index (χ0) is 10.3. The van der Waals surface area contributed by atoms with Gasteiger partial charge in [-0.05, 0) is 37.5 Å². The van der Waals surface area contributed by atoms with Crippen LogP contribution in [0.3, 0.4) is 0 Å². The Bertz CT molecular complexity index is 396. The van der Waals surface area contributed by atoms with Crippen molar-refractivity contribution in [1.82, 2.24) is 0 Å². The Labute approximate surface area is 84.1 Å². The first-order valence-electron chi connectivity index (χ1n) is 4.97. The van der Waals surface area contributed by atoms with Gasteiger partial charge in [0.05, 0.1) is 0 Å². The van der Waals surface area contributed by atoms with E-state index in [-0.39, 0.29) is 11.8 Å². The number of ketones is 1. The lowest BCUT2D eigenvalue weighted by Crippen LogP contribution is -2.32. The molecular formula is C12H15NO. The van der Waals surface area contributed by atoms with Gasteiger partial charge in [-0.15, -0.1) is 0 Å². The third-order valence-electron chi connectivity index (χ3n) is 2.83. The summed E-state index contributed by atoms with van der Waals surface area (Å²) in [5.74, 6) is 0.200. The van der Waals surface area contributed by atoms with Gasteiger partial charge in [0, 0.05) is 18.0 Å². The molecule has 1 aromatic rings. The van der Waals surface area contributed by atoms with Crippen LogP contribution < -0.4 is 5.73 Å². The first kappa shape index (κ1) is 9.41. The monoisotopic (exact) mass is 189 g/mol. The second kappa shape index (κ2) is 3.21. The molecule has 0 radical (unpaired) electrons. The Morgan fingerprint density at radius 3 is 2.71 bits per heavy atom. The maximum Gasteiger partial charge on any atom is 0.164 e. The summed E-state index contributed by atoms with van der Waals surface area (Å²) >= 11 is 0. The molecule has 0 aromatic heterocycles. The average Bonchev–Trinajstić information content (AvgIpc) is 2.07. The number of aryl methyl sites for hydroxylation is 2. The molecule has 0 heterocycles. The fourth-order valence-corrected chi connectivity index (χ4v) is 2.20. The zero-order valence-electron chi connectivity index (χ0n) is 8.63. The molecule has 0 saturated carbocycles. The van der Waals surface area contributed by atoms with E-state index < -0.39 is 0 Å². The molecule has 1 aliphatic carbocycles. The van der Waals surface area contributed by atoms with Crippen LogP contribution in [-0.4, -0.2) is 11.8 Å². The molecule has 14 heavy (non-hydrogen) atoms. The summed E-state index contributed by atoms with van der Waals surface area (Å²) in [6.07, 6.45) is 1.34. The van der Waals surface area contributed by atoms with Crippen molar-refractivity contribution in [3.05, 3.63) is 34.4 Å². The normalized spacial score (nSPS) is 20.8. The van der Waals surface area contributed by atoms with Gasteiger partial charge in [0.2, 0.25) is 0 Å². The standard InChI is InChI=1S/C12H15NO/c1-7-3-8(2)10-5-9(13)6-12(14)11(10)4-7/h3-4,9H,5-6,13H2,1-2H3. The highest BCUT2D eigenvalue weighted by Gasteiger charge is 2.23. The van der Waals surface area contributed by atoms with Gasteiger partial charge in [-0.3, -0.25) is 4.79 Å². The number of nitrogens with two attached hydrogens (primary N) is 1. The molecule has 0 bridgehead atoms. The first-order chi connectivity index (χ1) is 6.58. The van der Waals surface area contributed by atoms with Gasteiger partial charge in [0.1, 0.15) is 0 Å². The summed E-state index contributed by atoms with van der Waals surface area (Å²) in [4.78, 5) is 11.7. The Morgan fingerprint density at radius 1 is 1.29 bits per heavy atom. The molecule has 0 amide bonds. The average molecular weight is 189 g/mol. The molecule has 1 aliphatic rings. The van der Waals surface area contributed by atoms with Crippen LogP contribution in [0.5, 0.6) is 0 Å². The van der Waals surface area contributed by atoms with E-state index in [1.54, 1.807) is 0 Å². The van der Waals surface area contributed by atoms with Gasteiger partial charge in [0.25, 0.3) is 0 Å². The van der Waals surface area contributed by atoms with Gasteiger partial charge in [-0.1, -0.05) is 11.6 Å². The van der Waals surface area contributed by atoms with Crippen LogP contribution in [-0.2, 0) is 6.42 Å². The molecule has 0 fully saturated rings. The summed E-state index contributed by atoms with van der Waals surface area (Å²) in [6.45, 7) is 4.08. The summed E-state index contributed by atoms with van der Waals surface area (Å²) in [5.41, 5.74) is 10.2. The number of carbonyl (C=O) groups excluding carboxylic acids is 1. The molecule has 74 valence electrons. The lowest BCUT2D eigenvalue weighted by atomic mass is 9.84. The van der Waals surface area contributed by atoms with Gasteiger partial charge in [-0.2, -0.15) is 0 Å². The van der Waals surface area contributed by atoms with E-state index in [9.17, 15) is 4.79 Å². The fourth-order valence-electron chi connectivity index (χ4n) is 2.20. The Kier molecular flexibility index (Phi) is 2.16. The van der Waals surface area contributed by atoms with E-state index >= 15 is 0 Å². The van der Waals surface area contributed by atoms with Gasteiger partial charge >= 0.3 is 0 Å². The second-order valence-electron chi connectivity index (χ2n) is 4.20. The van der Waals surface area contributed by atoms with Crippen LogP contribution in [0.15, 0.2) is 12.1 Å². The molecule has 2 heteroatoms. The summed E-state index contributed by atoms with van der Waals surface area (Å²) < 4.78 is 0. The summed E-state index contributed by atoms with van der Waals surface area (Å²) in [5, 5.41) is 0. The molecule has 1 aromatic carbocycles. The van der Waals surface area contributed by atoms with Crippen LogP contribution in [0, 0.1) is 13.8 Å². The molecule has 2 N–H and O–H groups in total. The smallest absolute Gasteiger partial charge is 0.164 e. The lowest BCUT2D eigenvalue weighted by molar-refractivity contribution is 0.0965. The van der Waals surface area contributed by atoms with Gasteiger partial charge in [-0.25, -0.2) is 0 Å². The fraction of sp³-hybridized carbons (Fsp3) is 0.417. The molecule has 2 rings (SSSR count). The molecule has 2 nitrogen and oxygen atoms in total. The third-order valence-corrected chi connectivity index (χ3v) is 2.83. The third kappa shape index (κ3) is 1.46. The SMILES string of the molecule is Cc1cc(C)c2c(c1)C(=O)CC(N)C2. The maximum absolute atomic E-state index is 11.7. The quantitative estimate of drug-likeness (QED) is 0.675. The highest BCUT2D eigenvalue weighted by Crippen LogP contribution is 2.25. The van der Waals surface area contributed by atoms with Crippen molar-refractivity contribution in [2.24, 2.45) is 5.73 Å². The predicted molar refractivity (Wildman–Crippen MR) is 56.5 cm³/mol. The van der Waals surface area contributed by atoms with Crippen molar-refractivity contribution in [2.75, 3.05) is 0 Å². The van der Waals surface area contributed by atoms with Crippen molar-refractivity contribution in [1.29, 1.82) is 0 Å². The highest BCUT2D eigenvalue weighted by atomic mass is 16.1. The van der Waals surface area contributed by atoms with Crippen molar-refractivity contribution >= 4 is 5.78 Å². The molecule has 0 aliphatic heterocycles. The minimum atomic E-state index is 0.0106. The van der Waals surface area contributed by atoms with Crippen LogP contribution in [0.1, 0.15) is 33.5 Å². The van der Waals surface area contributed by atoms with E-state index in [0.29, 0.717) is 6.42 Å². The van der Waals surface area contributed by atoms with E-state index in [1.165, 1.54) is 5.56 Å². The largest absolute Gasteiger partial charge is 0.327 e. The second-order valence-corrected chi connectivity index (χ2v) is 4.20. The molecule has 1 atom stereocenters. The molecule has 0 saturated heterocycles. The molecule has 1 unspecified atom stereocenters. The van der Waals surface area contributed by atoms with E-state index in [0.717, 1.165) is 23.1 Å². The Hall–Kier alpha value is -1.15. The number of carbonyl (C=O) groups is 1. The Morgan fingerprint density at radius 2 is 2.00 bits per heavy atom. The Balaban J connectivity index is 2.59. The number of hydrogen-bond donors (Lipinski definition) is 1. The van der Waals surface area contributed by atoms with Crippen molar-refractivity contribution in [3.63, 3.8) is 0 Å². The van der Waals surface area contributed by atoms with Crippen molar-refractivity contribution < 1.29 is 4.79 Å². The van der Waals surface area contributed by atoms with E-state index in [2.05, 4.69) is 13.0 Å². The van der Waals surface area contributed by atoms with Crippen molar-refractivity contribution in [3.8, 4) is 0 Å². The molecular weight excluding hydrogens is 174 g/mol.